The third kappa shape index (κ3) is 3.82. The number of nitrogens with zero attached hydrogens (tertiary/aromatic N) is 2. The Kier molecular flexibility index (Phi) is 6.16. The van der Waals surface area contributed by atoms with E-state index in [0.717, 1.165) is 16.6 Å². The fourth-order valence-corrected chi connectivity index (χ4v) is 3.99. The molecule has 0 amide bonds. The summed E-state index contributed by atoms with van der Waals surface area (Å²) in [6.07, 6.45) is 1.56. The summed E-state index contributed by atoms with van der Waals surface area (Å²) in [6.45, 7) is 10.5. The molecule has 1 atom stereocenters. The zero-order valence-electron chi connectivity index (χ0n) is 18.6. The van der Waals surface area contributed by atoms with Gasteiger partial charge in [-0.15, -0.1) is 0 Å². The molecule has 1 aliphatic rings. The SMILES string of the molecule is C=CCOC(=O)C1=C(C)Nc2nc3ccccc3n2[C@@H]1c1ccc(OCC)c(OCC)c1. The van der Waals surface area contributed by atoms with Crippen molar-refractivity contribution in [1.29, 1.82) is 0 Å². The highest BCUT2D eigenvalue weighted by Gasteiger charge is 2.35. The minimum Gasteiger partial charge on any atom is -0.490 e. The number of para-hydroxylation sites is 2. The lowest BCUT2D eigenvalue weighted by molar-refractivity contribution is -0.138. The van der Waals surface area contributed by atoms with Crippen LogP contribution < -0.4 is 14.8 Å². The fourth-order valence-electron chi connectivity index (χ4n) is 3.99. The first-order valence-corrected chi connectivity index (χ1v) is 10.7. The molecular formula is C25H27N3O4. The first kappa shape index (κ1) is 21.5. The summed E-state index contributed by atoms with van der Waals surface area (Å²) in [4.78, 5) is 17.9. The minimum absolute atomic E-state index is 0.132. The van der Waals surface area contributed by atoms with E-state index in [1.54, 1.807) is 6.08 Å². The van der Waals surface area contributed by atoms with Crippen molar-refractivity contribution in [2.45, 2.75) is 26.8 Å². The highest BCUT2D eigenvalue weighted by Crippen LogP contribution is 2.42. The molecule has 0 radical (unpaired) electrons. The number of ether oxygens (including phenoxy) is 3. The molecule has 2 aromatic carbocycles. The van der Waals surface area contributed by atoms with Gasteiger partial charge in [-0.2, -0.15) is 0 Å². The summed E-state index contributed by atoms with van der Waals surface area (Å²) in [5.74, 6) is 1.56. The van der Waals surface area contributed by atoms with Gasteiger partial charge in [0.05, 0.1) is 35.9 Å². The van der Waals surface area contributed by atoms with Crippen molar-refractivity contribution in [3.05, 3.63) is 72.0 Å². The van der Waals surface area contributed by atoms with E-state index in [-0.39, 0.29) is 6.61 Å². The standard InChI is InChI=1S/C25H27N3O4/c1-5-14-32-24(29)22-16(4)26-25-27-18-10-8-9-11-19(18)28(25)23(22)17-12-13-20(30-6-2)21(15-17)31-7-3/h5,8-13,15,23H,1,6-7,14H2,2-4H3,(H,26,27)/t23-/m1/s1. The lowest BCUT2D eigenvalue weighted by Crippen LogP contribution is -2.29. The molecule has 3 aromatic rings. The van der Waals surface area contributed by atoms with Crippen LogP contribution in [0.1, 0.15) is 32.4 Å². The van der Waals surface area contributed by atoms with Crippen LogP contribution in [-0.4, -0.2) is 35.3 Å². The topological polar surface area (TPSA) is 74.6 Å². The van der Waals surface area contributed by atoms with Gasteiger partial charge in [0.25, 0.3) is 0 Å². The average Bonchev–Trinajstić information content (AvgIpc) is 3.16. The number of imidazole rings is 1. The number of fused-ring (bicyclic) bond motifs is 3. The van der Waals surface area contributed by atoms with Gasteiger partial charge >= 0.3 is 5.97 Å². The fraction of sp³-hybridized carbons (Fsp3) is 0.280. The molecule has 0 aliphatic carbocycles. The molecule has 1 aromatic heterocycles. The van der Waals surface area contributed by atoms with Crippen LogP contribution in [0.4, 0.5) is 5.95 Å². The monoisotopic (exact) mass is 433 g/mol. The number of anilines is 1. The molecule has 0 fully saturated rings. The van der Waals surface area contributed by atoms with Gasteiger partial charge in [0.2, 0.25) is 5.95 Å². The van der Waals surface area contributed by atoms with E-state index in [0.29, 0.717) is 41.9 Å². The Morgan fingerprint density at radius 2 is 1.91 bits per heavy atom. The third-order valence-corrected chi connectivity index (χ3v) is 5.27. The Bertz CT molecular complexity index is 1200. The van der Waals surface area contributed by atoms with E-state index >= 15 is 0 Å². The van der Waals surface area contributed by atoms with E-state index in [9.17, 15) is 4.79 Å². The van der Waals surface area contributed by atoms with Gasteiger partial charge < -0.3 is 19.5 Å². The Morgan fingerprint density at radius 3 is 2.66 bits per heavy atom. The molecule has 4 rings (SSSR count). The van der Waals surface area contributed by atoms with Crippen molar-refractivity contribution in [2.75, 3.05) is 25.1 Å². The van der Waals surface area contributed by atoms with Gasteiger partial charge in [-0.1, -0.05) is 30.9 Å². The maximum Gasteiger partial charge on any atom is 0.338 e. The summed E-state index contributed by atoms with van der Waals surface area (Å²) in [6, 6.07) is 13.2. The molecule has 32 heavy (non-hydrogen) atoms. The Morgan fingerprint density at radius 1 is 1.16 bits per heavy atom. The van der Waals surface area contributed by atoms with Crippen molar-refractivity contribution >= 4 is 23.0 Å². The number of hydrogen-bond donors (Lipinski definition) is 1. The lowest BCUT2D eigenvalue weighted by atomic mass is 9.94. The molecule has 2 heterocycles. The largest absolute Gasteiger partial charge is 0.490 e. The number of esters is 1. The van der Waals surface area contributed by atoms with Crippen molar-refractivity contribution in [3.8, 4) is 11.5 Å². The molecule has 1 N–H and O–H groups in total. The van der Waals surface area contributed by atoms with E-state index < -0.39 is 12.0 Å². The number of aromatic nitrogens is 2. The number of benzene rings is 2. The van der Waals surface area contributed by atoms with E-state index in [4.69, 9.17) is 19.2 Å². The molecule has 1 aliphatic heterocycles. The molecule has 0 spiro atoms. The zero-order valence-corrected chi connectivity index (χ0v) is 18.6. The molecular weight excluding hydrogens is 406 g/mol. The Hall–Kier alpha value is -3.74. The van der Waals surface area contributed by atoms with Crippen LogP contribution in [0.5, 0.6) is 11.5 Å². The van der Waals surface area contributed by atoms with Gasteiger partial charge in [0.15, 0.2) is 11.5 Å². The van der Waals surface area contributed by atoms with Crippen molar-refractivity contribution in [2.24, 2.45) is 0 Å². The van der Waals surface area contributed by atoms with Crippen molar-refractivity contribution in [1.82, 2.24) is 9.55 Å². The lowest BCUT2D eigenvalue weighted by Gasteiger charge is -2.30. The number of carbonyl (C=O) groups excluding carboxylic acids is 1. The number of hydrogen-bond acceptors (Lipinski definition) is 6. The molecule has 0 saturated carbocycles. The highest BCUT2D eigenvalue weighted by molar-refractivity contribution is 5.94. The van der Waals surface area contributed by atoms with Crippen LogP contribution in [0.2, 0.25) is 0 Å². The number of carbonyl (C=O) groups is 1. The third-order valence-electron chi connectivity index (χ3n) is 5.27. The predicted octanol–water partition coefficient (Wildman–Crippen LogP) is 4.85. The average molecular weight is 434 g/mol. The van der Waals surface area contributed by atoms with E-state index in [2.05, 4.69) is 11.9 Å². The summed E-state index contributed by atoms with van der Waals surface area (Å²) in [7, 11) is 0. The van der Waals surface area contributed by atoms with Gasteiger partial charge in [-0.05, 0) is 50.6 Å². The van der Waals surface area contributed by atoms with Crippen LogP contribution in [0, 0.1) is 0 Å². The van der Waals surface area contributed by atoms with Crippen LogP contribution in [0.15, 0.2) is 66.4 Å². The summed E-state index contributed by atoms with van der Waals surface area (Å²) in [5.41, 5.74) is 3.82. The van der Waals surface area contributed by atoms with E-state index in [1.807, 2.05) is 67.8 Å². The smallest absolute Gasteiger partial charge is 0.338 e. The van der Waals surface area contributed by atoms with Gasteiger partial charge in [-0.25, -0.2) is 9.78 Å². The maximum atomic E-state index is 13.1. The second-order valence-corrected chi connectivity index (χ2v) is 7.32. The maximum absolute atomic E-state index is 13.1. The van der Waals surface area contributed by atoms with Crippen LogP contribution >= 0.6 is 0 Å². The molecule has 0 bridgehead atoms. The summed E-state index contributed by atoms with van der Waals surface area (Å²) >= 11 is 0. The van der Waals surface area contributed by atoms with Gasteiger partial charge in [0.1, 0.15) is 6.61 Å². The first-order valence-electron chi connectivity index (χ1n) is 10.7. The van der Waals surface area contributed by atoms with Gasteiger partial charge in [-0.3, -0.25) is 4.57 Å². The molecule has 0 saturated heterocycles. The van der Waals surface area contributed by atoms with Crippen LogP contribution in [0.3, 0.4) is 0 Å². The summed E-state index contributed by atoms with van der Waals surface area (Å²) in [5, 5.41) is 3.28. The Labute approximate surface area is 187 Å². The number of nitrogens with one attached hydrogen (secondary N) is 1. The van der Waals surface area contributed by atoms with Gasteiger partial charge in [0, 0.05) is 5.70 Å². The highest BCUT2D eigenvalue weighted by atomic mass is 16.5. The molecule has 7 heteroatoms. The molecule has 166 valence electrons. The van der Waals surface area contributed by atoms with Crippen LogP contribution in [0.25, 0.3) is 11.0 Å². The van der Waals surface area contributed by atoms with E-state index in [1.165, 1.54) is 0 Å². The molecule has 7 nitrogen and oxygen atoms in total. The predicted molar refractivity (Wildman–Crippen MR) is 124 cm³/mol. The number of rotatable bonds is 8. The zero-order chi connectivity index (χ0) is 22.7. The second-order valence-electron chi connectivity index (χ2n) is 7.32. The second kappa shape index (κ2) is 9.18. The van der Waals surface area contributed by atoms with Crippen molar-refractivity contribution in [3.63, 3.8) is 0 Å². The van der Waals surface area contributed by atoms with Crippen molar-refractivity contribution < 1.29 is 19.0 Å². The molecule has 0 unspecified atom stereocenters. The van der Waals surface area contributed by atoms with Crippen LogP contribution in [-0.2, 0) is 9.53 Å². The quantitative estimate of drug-likeness (QED) is 0.404. The normalized spacial score (nSPS) is 15.2. The Balaban J connectivity index is 1.92. The summed E-state index contributed by atoms with van der Waals surface area (Å²) < 4.78 is 19.1. The minimum atomic E-state index is -0.453. The number of allylic oxidation sites excluding steroid dienone is 1. The first-order chi connectivity index (χ1) is 15.6.